The van der Waals surface area contributed by atoms with Gasteiger partial charge >= 0.3 is 0 Å². The number of fused-ring (bicyclic) bond motifs is 1. The molecule has 1 aliphatic carbocycles. The zero-order chi connectivity index (χ0) is 21.4. The number of nitrogens with one attached hydrogen (secondary N) is 1. The molecule has 9 heteroatoms. The first-order chi connectivity index (χ1) is 15.1. The van der Waals surface area contributed by atoms with Crippen LogP contribution in [0.15, 0.2) is 48.1 Å². The highest BCUT2D eigenvalue weighted by Gasteiger charge is 2.27. The summed E-state index contributed by atoms with van der Waals surface area (Å²) in [5.41, 5.74) is 4.25. The van der Waals surface area contributed by atoms with Crippen molar-refractivity contribution in [1.82, 2.24) is 25.1 Å². The highest BCUT2D eigenvalue weighted by atomic mass is 32.1. The minimum atomic E-state index is -0.945. The number of halogens is 2. The summed E-state index contributed by atoms with van der Waals surface area (Å²) >= 11 is 1.46. The number of aromatic nitrogens is 4. The van der Waals surface area contributed by atoms with Crippen LogP contribution >= 0.6 is 11.3 Å². The summed E-state index contributed by atoms with van der Waals surface area (Å²) in [5.74, 6) is -2.17. The lowest BCUT2D eigenvalue weighted by Gasteiger charge is -2.06. The van der Waals surface area contributed by atoms with Crippen LogP contribution < -0.4 is 5.32 Å². The molecule has 1 aliphatic rings. The van der Waals surface area contributed by atoms with Crippen LogP contribution in [0.3, 0.4) is 0 Å². The highest BCUT2D eigenvalue weighted by molar-refractivity contribution is 7.09. The predicted octanol–water partition coefficient (Wildman–Crippen LogP) is 4.09. The van der Waals surface area contributed by atoms with Crippen LogP contribution in [0, 0.1) is 11.6 Å². The van der Waals surface area contributed by atoms with Crippen molar-refractivity contribution in [1.29, 1.82) is 0 Å². The van der Waals surface area contributed by atoms with E-state index in [1.807, 2.05) is 17.5 Å². The van der Waals surface area contributed by atoms with Crippen molar-refractivity contribution < 1.29 is 13.6 Å². The van der Waals surface area contributed by atoms with Gasteiger partial charge < -0.3 is 5.32 Å². The molecule has 5 rings (SSSR count). The largest absolute Gasteiger partial charge is 0.344 e. The Bertz CT molecular complexity index is 1270. The average molecular weight is 437 g/mol. The van der Waals surface area contributed by atoms with Crippen molar-refractivity contribution in [3.63, 3.8) is 0 Å². The Morgan fingerprint density at radius 2 is 1.97 bits per heavy atom. The maximum atomic E-state index is 13.7. The molecule has 1 aromatic carbocycles. The number of benzene rings is 1. The summed E-state index contributed by atoms with van der Waals surface area (Å²) in [6.45, 7) is 0.279. The number of hydrogen-bond donors (Lipinski definition) is 1. The third-order valence-electron chi connectivity index (χ3n) is 5.22. The van der Waals surface area contributed by atoms with Gasteiger partial charge in [-0.2, -0.15) is 5.10 Å². The van der Waals surface area contributed by atoms with Crippen LogP contribution in [0.2, 0.25) is 0 Å². The minimum Gasteiger partial charge on any atom is -0.344 e. The van der Waals surface area contributed by atoms with Crippen molar-refractivity contribution in [2.75, 3.05) is 0 Å². The van der Waals surface area contributed by atoms with Crippen LogP contribution in [0.5, 0.6) is 0 Å². The molecule has 0 fully saturated rings. The van der Waals surface area contributed by atoms with Gasteiger partial charge in [0.25, 0.3) is 5.91 Å². The van der Waals surface area contributed by atoms with Crippen molar-refractivity contribution in [3.8, 4) is 16.9 Å². The number of nitrogens with zero attached hydrogens (tertiary/aromatic N) is 4. The number of amides is 1. The Labute approximate surface area is 180 Å². The van der Waals surface area contributed by atoms with E-state index in [2.05, 4.69) is 20.4 Å². The van der Waals surface area contributed by atoms with Crippen LogP contribution in [-0.4, -0.2) is 25.7 Å². The summed E-state index contributed by atoms with van der Waals surface area (Å²) in [5, 5.41) is 10.0. The Morgan fingerprint density at radius 3 is 2.77 bits per heavy atom. The van der Waals surface area contributed by atoms with Crippen molar-refractivity contribution in [2.45, 2.75) is 25.8 Å². The van der Waals surface area contributed by atoms with E-state index in [9.17, 15) is 13.6 Å². The second kappa shape index (κ2) is 7.99. The second-order valence-electron chi connectivity index (χ2n) is 7.18. The number of carbonyl (C=O) groups is 1. The van der Waals surface area contributed by atoms with Gasteiger partial charge in [-0.25, -0.2) is 18.4 Å². The van der Waals surface area contributed by atoms with Gasteiger partial charge in [0.2, 0.25) is 0 Å². The fourth-order valence-corrected chi connectivity index (χ4v) is 4.48. The predicted molar refractivity (Wildman–Crippen MR) is 112 cm³/mol. The van der Waals surface area contributed by atoms with Gasteiger partial charge in [-0.1, -0.05) is 0 Å². The first-order valence-electron chi connectivity index (χ1n) is 9.79. The number of carbonyl (C=O) groups excluding carboxylic acids is 1. The Kier molecular flexibility index (Phi) is 5.03. The van der Waals surface area contributed by atoms with Gasteiger partial charge in [-0.05, 0) is 43.5 Å². The molecular formula is C22H17F2N5OS. The third-order valence-corrected chi connectivity index (χ3v) is 6.07. The van der Waals surface area contributed by atoms with Crippen molar-refractivity contribution in [3.05, 3.63) is 81.7 Å². The van der Waals surface area contributed by atoms with Crippen molar-refractivity contribution >= 4 is 17.2 Å². The number of thiazole rings is 1. The lowest BCUT2D eigenvalue weighted by Crippen LogP contribution is -2.24. The van der Waals surface area contributed by atoms with Crippen LogP contribution in [0.4, 0.5) is 8.78 Å². The molecule has 0 saturated heterocycles. The average Bonchev–Trinajstić information content (AvgIpc) is 3.51. The topological polar surface area (TPSA) is 72.7 Å². The van der Waals surface area contributed by atoms with Gasteiger partial charge in [-0.15, -0.1) is 11.3 Å². The molecule has 0 aliphatic heterocycles. The molecule has 1 amide bonds. The molecule has 1 N–H and O–H groups in total. The Hall–Kier alpha value is -3.46. The lowest BCUT2D eigenvalue weighted by molar-refractivity contribution is 0.0944. The summed E-state index contributed by atoms with van der Waals surface area (Å²) < 4.78 is 28.6. The lowest BCUT2D eigenvalue weighted by atomic mass is 10.2. The summed E-state index contributed by atoms with van der Waals surface area (Å²) in [4.78, 5) is 21.4. The van der Waals surface area contributed by atoms with E-state index >= 15 is 0 Å². The monoisotopic (exact) mass is 437 g/mol. The first kappa shape index (κ1) is 19.5. The molecule has 0 saturated carbocycles. The van der Waals surface area contributed by atoms with E-state index in [-0.39, 0.29) is 12.5 Å². The van der Waals surface area contributed by atoms with Gasteiger partial charge in [0, 0.05) is 40.7 Å². The SMILES string of the molecule is O=C(NCc1nc(-c2ccncc2)cs1)c1nn(-c2ccc(F)c(F)c2)c2c1CCC2. The second-order valence-corrected chi connectivity index (χ2v) is 8.13. The van der Waals surface area contributed by atoms with E-state index in [1.165, 1.54) is 17.4 Å². The van der Waals surface area contributed by atoms with E-state index < -0.39 is 11.6 Å². The molecular weight excluding hydrogens is 420 g/mol. The number of pyridine rings is 1. The van der Waals surface area contributed by atoms with E-state index in [1.54, 1.807) is 17.1 Å². The number of hydrogen-bond acceptors (Lipinski definition) is 5. The summed E-state index contributed by atoms with van der Waals surface area (Å²) in [6.07, 6.45) is 5.76. The maximum Gasteiger partial charge on any atom is 0.272 e. The van der Waals surface area contributed by atoms with Gasteiger partial charge in [0.1, 0.15) is 5.01 Å². The molecule has 6 nitrogen and oxygen atoms in total. The molecule has 3 heterocycles. The molecule has 0 radical (unpaired) electrons. The minimum absolute atomic E-state index is 0.279. The quantitative estimate of drug-likeness (QED) is 0.511. The molecule has 0 spiro atoms. The zero-order valence-electron chi connectivity index (χ0n) is 16.3. The Morgan fingerprint density at radius 1 is 1.13 bits per heavy atom. The molecule has 0 bridgehead atoms. The first-order valence-corrected chi connectivity index (χ1v) is 10.7. The maximum absolute atomic E-state index is 13.7. The van der Waals surface area contributed by atoms with Crippen LogP contribution in [0.1, 0.15) is 33.2 Å². The molecule has 156 valence electrons. The van der Waals surface area contributed by atoms with Crippen molar-refractivity contribution in [2.24, 2.45) is 0 Å². The Balaban J connectivity index is 1.36. The smallest absolute Gasteiger partial charge is 0.272 e. The van der Waals surface area contributed by atoms with Crippen LogP contribution in [0.25, 0.3) is 16.9 Å². The van der Waals surface area contributed by atoms with Gasteiger partial charge in [0.15, 0.2) is 17.3 Å². The molecule has 4 aromatic rings. The summed E-state index contributed by atoms with van der Waals surface area (Å²) in [6, 6.07) is 7.38. The summed E-state index contributed by atoms with van der Waals surface area (Å²) in [7, 11) is 0. The van der Waals surface area contributed by atoms with E-state index in [0.717, 1.165) is 58.9 Å². The zero-order valence-corrected chi connectivity index (χ0v) is 17.1. The van der Waals surface area contributed by atoms with Gasteiger partial charge in [0.05, 0.1) is 17.9 Å². The molecule has 3 aromatic heterocycles. The highest BCUT2D eigenvalue weighted by Crippen LogP contribution is 2.28. The normalized spacial score (nSPS) is 12.7. The fourth-order valence-electron chi connectivity index (χ4n) is 3.74. The number of rotatable bonds is 5. The van der Waals surface area contributed by atoms with Crippen LogP contribution in [-0.2, 0) is 19.4 Å². The molecule has 0 unspecified atom stereocenters. The standard InChI is InChI=1S/C22H17F2N5OS/c23-16-5-4-14(10-17(16)24)29-19-3-1-2-15(19)21(28-29)22(30)26-11-20-27-18(12-31-20)13-6-8-25-9-7-13/h4-10,12H,1-3,11H2,(H,26,30). The fraction of sp³-hybridized carbons (Fsp3) is 0.182. The van der Waals surface area contributed by atoms with E-state index in [4.69, 9.17) is 0 Å². The molecule has 0 atom stereocenters. The van der Waals surface area contributed by atoms with Gasteiger partial charge in [-0.3, -0.25) is 9.78 Å². The molecule has 31 heavy (non-hydrogen) atoms. The van der Waals surface area contributed by atoms with E-state index in [0.29, 0.717) is 11.4 Å². The third kappa shape index (κ3) is 3.72.